The number of hydrogen-bond acceptors (Lipinski definition) is 8. The molecule has 0 spiro atoms. The van der Waals surface area contributed by atoms with E-state index in [4.69, 9.17) is 4.52 Å². The van der Waals surface area contributed by atoms with Crippen LogP contribution in [0.4, 0.5) is 0 Å². The third-order valence-corrected chi connectivity index (χ3v) is 6.43. The van der Waals surface area contributed by atoms with Crippen molar-refractivity contribution in [1.29, 1.82) is 0 Å². The van der Waals surface area contributed by atoms with E-state index in [-0.39, 0.29) is 23.4 Å². The SMILES string of the molecule is O=C1c2ccccc2C(=O)c2cc(-c3nc(C4CCN(CS(=O)[O-])CC4)no3)ccc21. The number of likely N-dealkylation sites (tertiary alicyclic amines) is 1. The van der Waals surface area contributed by atoms with Crippen LogP contribution in [0.25, 0.3) is 11.5 Å². The number of rotatable bonds is 4. The number of hydrogen-bond donors (Lipinski definition) is 0. The molecule has 1 unspecified atom stereocenters. The lowest BCUT2D eigenvalue weighted by molar-refractivity contribution is 0.0979. The second-order valence-electron chi connectivity index (χ2n) is 7.75. The maximum atomic E-state index is 12.9. The van der Waals surface area contributed by atoms with Crippen molar-refractivity contribution in [3.05, 3.63) is 70.5 Å². The number of benzene rings is 2. The van der Waals surface area contributed by atoms with Crippen LogP contribution >= 0.6 is 0 Å². The quantitative estimate of drug-likeness (QED) is 0.448. The molecule has 8 nitrogen and oxygen atoms in total. The highest BCUT2D eigenvalue weighted by molar-refractivity contribution is 7.79. The van der Waals surface area contributed by atoms with E-state index in [0.717, 1.165) is 12.8 Å². The van der Waals surface area contributed by atoms with E-state index in [2.05, 4.69) is 10.1 Å². The van der Waals surface area contributed by atoms with E-state index in [1.54, 1.807) is 42.5 Å². The van der Waals surface area contributed by atoms with Crippen molar-refractivity contribution >= 4 is 22.6 Å². The van der Waals surface area contributed by atoms with Gasteiger partial charge < -0.3 is 9.08 Å². The molecular formula is C22H18N3O5S-. The summed E-state index contributed by atoms with van der Waals surface area (Å²) in [7, 11) is 0. The Hall–Kier alpha value is -3.01. The molecular weight excluding hydrogens is 418 g/mol. The first-order valence-electron chi connectivity index (χ1n) is 9.96. The van der Waals surface area contributed by atoms with E-state index in [1.807, 2.05) is 4.90 Å². The second-order valence-corrected chi connectivity index (χ2v) is 8.61. The molecule has 1 fully saturated rings. The molecule has 0 amide bonds. The standard InChI is InChI=1S/C22H19N3O5S/c26-19-15-3-1-2-4-16(15)20(27)18-11-14(5-6-17(18)19)22-23-21(24-30-22)13-7-9-25(10-8-13)12-31(28)29/h1-6,11,13H,7-10,12H2,(H,28,29)/p-1. The van der Waals surface area contributed by atoms with Gasteiger partial charge in [-0.3, -0.25) is 18.7 Å². The van der Waals surface area contributed by atoms with Gasteiger partial charge in [-0.1, -0.05) is 29.4 Å². The molecule has 0 N–H and O–H groups in total. The van der Waals surface area contributed by atoms with Gasteiger partial charge in [-0.25, -0.2) is 0 Å². The van der Waals surface area contributed by atoms with E-state index in [1.165, 1.54) is 0 Å². The van der Waals surface area contributed by atoms with Crippen molar-refractivity contribution in [2.75, 3.05) is 19.0 Å². The zero-order chi connectivity index (χ0) is 21.5. The summed E-state index contributed by atoms with van der Waals surface area (Å²) >= 11 is -2.09. The largest absolute Gasteiger partial charge is 0.771 e. The lowest BCUT2D eigenvalue weighted by Gasteiger charge is -2.30. The molecule has 0 bridgehead atoms. The molecule has 2 aliphatic rings. The van der Waals surface area contributed by atoms with Crippen molar-refractivity contribution in [3.63, 3.8) is 0 Å². The lowest BCUT2D eigenvalue weighted by atomic mass is 9.83. The van der Waals surface area contributed by atoms with Crippen LogP contribution in [0.15, 0.2) is 47.0 Å². The Morgan fingerprint density at radius 3 is 2.32 bits per heavy atom. The van der Waals surface area contributed by atoms with Gasteiger partial charge in [0, 0.05) is 33.7 Å². The predicted molar refractivity (Wildman–Crippen MR) is 110 cm³/mol. The molecule has 1 atom stereocenters. The molecule has 2 heterocycles. The highest BCUT2D eigenvalue weighted by atomic mass is 32.2. The number of nitrogens with zero attached hydrogens (tertiary/aromatic N) is 3. The highest BCUT2D eigenvalue weighted by Gasteiger charge is 2.30. The molecule has 1 saturated heterocycles. The smallest absolute Gasteiger partial charge is 0.257 e. The number of ketones is 2. The molecule has 3 aromatic rings. The number of carbonyl (C=O) groups is 2. The van der Waals surface area contributed by atoms with Gasteiger partial charge in [-0.05, 0) is 55.2 Å². The number of fused-ring (bicyclic) bond motifs is 2. The maximum absolute atomic E-state index is 12.9. The molecule has 1 aromatic heterocycles. The molecule has 0 saturated carbocycles. The minimum absolute atomic E-state index is 0.0369. The van der Waals surface area contributed by atoms with Crippen LogP contribution in [0, 0.1) is 0 Å². The van der Waals surface area contributed by atoms with Crippen LogP contribution in [0.1, 0.15) is 56.4 Å². The summed E-state index contributed by atoms with van der Waals surface area (Å²) in [6.45, 7) is 1.30. The zero-order valence-corrected chi connectivity index (χ0v) is 17.3. The first-order chi connectivity index (χ1) is 15.0. The summed E-state index contributed by atoms with van der Waals surface area (Å²) in [4.78, 5) is 32.1. The summed E-state index contributed by atoms with van der Waals surface area (Å²) in [6, 6.07) is 11.8. The van der Waals surface area contributed by atoms with E-state index >= 15 is 0 Å². The highest BCUT2D eigenvalue weighted by Crippen LogP contribution is 2.32. The number of aromatic nitrogens is 2. The van der Waals surface area contributed by atoms with E-state index in [9.17, 15) is 18.4 Å². The zero-order valence-electron chi connectivity index (χ0n) is 16.4. The van der Waals surface area contributed by atoms with Crippen LogP contribution in [-0.2, 0) is 11.1 Å². The van der Waals surface area contributed by atoms with Gasteiger partial charge in [-0.15, -0.1) is 0 Å². The summed E-state index contributed by atoms with van der Waals surface area (Å²) in [5, 5.41) is 4.11. The third kappa shape index (κ3) is 3.65. The van der Waals surface area contributed by atoms with Crippen LogP contribution in [0.3, 0.4) is 0 Å². The fourth-order valence-electron chi connectivity index (χ4n) is 4.22. The van der Waals surface area contributed by atoms with E-state index in [0.29, 0.717) is 52.6 Å². The molecule has 0 radical (unpaired) electrons. The topological polar surface area (TPSA) is 116 Å². The van der Waals surface area contributed by atoms with Gasteiger partial charge >= 0.3 is 0 Å². The normalized spacial score (nSPS) is 18.0. The maximum Gasteiger partial charge on any atom is 0.257 e. The minimum Gasteiger partial charge on any atom is -0.771 e. The Morgan fingerprint density at radius 2 is 1.65 bits per heavy atom. The van der Waals surface area contributed by atoms with E-state index < -0.39 is 11.1 Å². The van der Waals surface area contributed by atoms with Gasteiger partial charge in [0.25, 0.3) is 5.89 Å². The average Bonchev–Trinajstić information content (AvgIpc) is 3.27. The molecule has 31 heavy (non-hydrogen) atoms. The molecule has 1 aliphatic carbocycles. The summed E-state index contributed by atoms with van der Waals surface area (Å²) in [6.07, 6.45) is 1.48. The van der Waals surface area contributed by atoms with Gasteiger partial charge in [0.05, 0.1) is 5.88 Å². The van der Waals surface area contributed by atoms with Gasteiger partial charge in [-0.2, -0.15) is 4.98 Å². The molecule has 5 rings (SSSR count). The Balaban J connectivity index is 1.38. The average molecular weight is 436 g/mol. The van der Waals surface area contributed by atoms with Crippen LogP contribution < -0.4 is 0 Å². The predicted octanol–water partition coefficient (Wildman–Crippen LogP) is 2.53. The monoisotopic (exact) mass is 436 g/mol. The fraction of sp³-hybridized carbons (Fsp3) is 0.273. The third-order valence-electron chi connectivity index (χ3n) is 5.85. The Labute approximate surface area is 180 Å². The minimum atomic E-state index is -2.09. The fourth-order valence-corrected chi connectivity index (χ4v) is 4.78. The molecule has 9 heteroatoms. The van der Waals surface area contributed by atoms with Crippen LogP contribution in [0.5, 0.6) is 0 Å². The second kappa shape index (κ2) is 7.92. The Kier molecular flexibility index (Phi) is 5.09. The summed E-state index contributed by atoms with van der Waals surface area (Å²) < 4.78 is 27.2. The van der Waals surface area contributed by atoms with Gasteiger partial charge in [0.1, 0.15) is 0 Å². The van der Waals surface area contributed by atoms with Crippen molar-refractivity contribution in [3.8, 4) is 11.5 Å². The summed E-state index contributed by atoms with van der Waals surface area (Å²) in [5.41, 5.74) is 2.10. The van der Waals surface area contributed by atoms with Gasteiger partial charge in [0.2, 0.25) is 0 Å². The Bertz CT molecular complexity index is 1210. The lowest BCUT2D eigenvalue weighted by Crippen LogP contribution is -2.35. The molecule has 158 valence electrons. The molecule has 2 aromatic carbocycles. The van der Waals surface area contributed by atoms with Gasteiger partial charge in [0.15, 0.2) is 17.4 Å². The van der Waals surface area contributed by atoms with Crippen molar-refractivity contribution in [2.24, 2.45) is 0 Å². The van der Waals surface area contributed by atoms with Crippen LogP contribution in [0.2, 0.25) is 0 Å². The first kappa shape index (κ1) is 19.9. The molecule has 1 aliphatic heterocycles. The van der Waals surface area contributed by atoms with Crippen LogP contribution in [-0.4, -0.2) is 54.3 Å². The number of piperidine rings is 1. The number of carbonyl (C=O) groups excluding carboxylic acids is 2. The summed E-state index contributed by atoms with van der Waals surface area (Å²) in [5.74, 6) is 0.614. The van der Waals surface area contributed by atoms with Crippen molar-refractivity contribution in [2.45, 2.75) is 18.8 Å². The first-order valence-corrected chi connectivity index (χ1v) is 11.2. The van der Waals surface area contributed by atoms with Crippen molar-refractivity contribution in [1.82, 2.24) is 15.0 Å². The Morgan fingerprint density at radius 1 is 1.00 bits per heavy atom. The van der Waals surface area contributed by atoms with Crippen molar-refractivity contribution < 1.29 is 22.9 Å².